The average Bonchev–Trinajstić information content (AvgIpc) is 2.28. The van der Waals surface area contributed by atoms with E-state index in [0.29, 0.717) is 11.9 Å². The van der Waals surface area contributed by atoms with Gasteiger partial charge in [-0.1, -0.05) is 19.8 Å². The first-order valence-corrected chi connectivity index (χ1v) is 6.63. The highest BCUT2D eigenvalue weighted by Gasteiger charge is 2.26. The summed E-state index contributed by atoms with van der Waals surface area (Å²) in [5, 5.41) is 3.39. The monoisotopic (exact) mass is 226 g/mol. The van der Waals surface area contributed by atoms with Crippen LogP contribution in [0.25, 0.3) is 0 Å². The second-order valence-corrected chi connectivity index (χ2v) is 5.04. The van der Waals surface area contributed by atoms with Gasteiger partial charge in [0.1, 0.15) is 0 Å². The van der Waals surface area contributed by atoms with Crippen molar-refractivity contribution < 1.29 is 4.79 Å². The zero-order valence-electron chi connectivity index (χ0n) is 11.0. The Morgan fingerprint density at radius 1 is 1.44 bits per heavy atom. The van der Waals surface area contributed by atoms with Gasteiger partial charge < -0.3 is 10.2 Å². The van der Waals surface area contributed by atoms with Gasteiger partial charge in [-0.15, -0.1) is 0 Å². The van der Waals surface area contributed by atoms with Crippen LogP contribution in [0.15, 0.2) is 0 Å². The maximum absolute atomic E-state index is 12.1. The van der Waals surface area contributed by atoms with Gasteiger partial charge in [0.15, 0.2) is 0 Å². The highest BCUT2D eigenvalue weighted by molar-refractivity contribution is 5.78. The maximum Gasteiger partial charge on any atom is 0.225 e. The zero-order valence-corrected chi connectivity index (χ0v) is 11.0. The fourth-order valence-corrected chi connectivity index (χ4v) is 2.38. The van der Waals surface area contributed by atoms with E-state index in [1.54, 1.807) is 0 Å². The van der Waals surface area contributed by atoms with Gasteiger partial charge in [0, 0.05) is 25.6 Å². The van der Waals surface area contributed by atoms with Crippen molar-refractivity contribution in [3.05, 3.63) is 0 Å². The Morgan fingerprint density at radius 3 is 2.81 bits per heavy atom. The van der Waals surface area contributed by atoms with E-state index in [0.717, 1.165) is 32.4 Å². The first-order valence-electron chi connectivity index (χ1n) is 6.63. The van der Waals surface area contributed by atoms with E-state index in [2.05, 4.69) is 19.2 Å². The number of hydrogen-bond acceptors (Lipinski definition) is 2. The molecule has 0 bridgehead atoms. The minimum Gasteiger partial charge on any atom is -0.346 e. The Labute approximate surface area is 99.6 Å². The van der Waals surface area contributed by atoms with Crippen molar-refractivity contribution >= 4 is 5.91 Å². The van der Waals surface area contributed by atoms with Gasteiger partial charge in [0.05, 0.1) is 0 Å². The molecule has 0 aromatic rings. The van der Waals surface area contributed by atoms with Crippen LogP contribution < -0.4 is 5.32 Å². The molecule has 0 aliphatic carbocycles. The van der Waals surface area contributed by atoms with Crippen molar-refractivity contribution in [3.8, 4) is 0 Å². The fourth-order valence-electron chi connectivity index (χ4n) is 2.38. The number of carbonyl (C=O) groups excluding carboxylic acids is 1. The van der Waals surface area contributed by atoms with Crippen LogP contribution in [0.4, 0.5) is 0 Å². The summed E-state index contributed by atoms with van der Waals surface area (Å²) in [7, 11) is 1.95. The molecular formula is C13H26N2O. The number of carbonyl (C=O) groups is 1. The summed E-state index contributed by atoms with van der Waals surface area (Å²) in [4.78, 5) is 14.1. The van der Waals surface area contributed by atoms with Gasteiger partial charge in [0.25, 0.3) is 0 Å². The molecule has 0 aromatic heterocycles. The summed E-state index contributed by atoms with van der Waals surface area (Å²) in [5.74, 6) is 0.604. The van der Waals surface area contributed by atoms with Crippen LogP contribution in [0.3, 0.4) is 0 Å². The maximum atomic E-state index is 12.1. The standard InChI is InChI=1S/C13H26N2O/c1-4-5-6-9-15(3)13(16)12-7-8-14-11(2)10-12/h11-12,14H,4-10H2,1-3H3. The minimum absolute atomic E-state index is 0.253. The largest absolute Gasteiger partial charge is 0.346 e. The summed E-state index contributed by atoms with van der Waals surface area (Å²) in [6.45, 7) is 6.26. The summed E-state index contributed by atoms with van der Waals surface area (Å²) in [6.07, 6.45) is 5.57. The lowest BCUT2D eigenvalue weighted by Gasteiger charge is -2.30. The Kier molecular flexibility index (Phi) is 5.81. The topological polar surface area (TPSA) is 32.3 Å². The number of piperidine rings is 1. The molecule has 2 atom stereocenters. The van der Waals surface area contributed by atoms with Crippen LogP contribution in [0, 0.1) is 5.92 Å². The van der Waals surface area contributed by atoms with Crippen LogP contribution in [-0.4, -0.2) is 37.0 Å². The van der Waals surface area contributed by atoms with E-state index < -0.39 is 0 Å². The number of amides is 1. The predicted octanol–water partition coefficient (Wildman–Crippen LogP) is 2.02. The number of unbranched alkanes of at least 4 members (excludes halogenated alkanes) is 2. The van der Waals surface area contributed by atoms with Crippen LogP contribution in [-0.2, 0) is 4.79 Å². The SMILES string of the molecule is CCCCCN(C)C(=O)C1CCNC(C)C1. The van der Waals surface area contributed by atoms with Gasteiger partial charge in [0.2, 0.25) is 5.91 Å². The van der Waals surface area contributed by atoms with E-state index in [4.69, 9.17) is 0 Å². The van der Waals surface area contributed by atoms with E-state index in [1.165, 1.54) is 12.8 Å². The highest BCUT2D eigenvalue weighted by Crippen LogP contribution is 2.18. The zero-order chi connectivity index (χ0) is 12.0. The molecule has 1 aliphatic heterocycles. The Bertz CT molecular complexity index is 218. The van der Waals surface area contributed by atoms with Crippen molar-refractivity contribution in [2.24, 2.45) is 5.92 Å². The number of hydrogen-bond donors (Lipinski definition) is 1. The lowest BCUT2D eigenvalue weighted by Crippen LogP contribution is -2.43. The smallest absolute Gasteiger partial charge is 0.225 e. The van der Waals surface area contributed by atoms with Crippen molar-refractivity contribution in [2.45, 2.75) is 52.0 Å². The third-order valence-electron chi connectivity index (χ3n) is 3.45. The molecule has 94 valence electrons. The predicted molar refractivity (Wildman–Crippen MR) is 67.4 cm³/mol. The molecule has 3 nitrogen and oxygen atoms in total. The molecule has 2 unspecified atom stereocenters. The minimum atomic E-state index is 0.253. The van der Waals surface area contributed by atoms with Gasteiger partial charge in [-0.25, -0.2) is 0 Å². The molecule has 0 spiro atoms. The van der Waals surface area contributed by atoms with Crippen LogP contribution in [0.1, 0.15) is 46.0 Å². The molecule has 1 rings (SSSR count). The molecular weight excluding hydrogens is 200 g/mol. The van der Waals surface area contributed by atoms with Crippen molar-refractivity contribution in [1.29, 1.82) is 0 Å². The lowest BCUT2D eigenvalue weighted by atomic mass is 9.92. The summed E-state index contributed by atoms with van der Waals surface area (Å²) < 4.78 is 0. The van der Waals surface area contributed by atoms with E-state index in [1.807, 2.05) is 11.9 Å². The lowest BCUT2D eigenvalue weighted by molar-refractivity contribution is -0.135. The normalized spacial score (nSPS) is 25.4. The third-order valence-corrected chi connectivity index (χ3v) is 3.45. The quantitative estimate of drug-likeness (QED) is 0.727. The fraction of sp³-hybridized carbons (Fsp3) is 0.923. The second-order valence-electron chi connectivity index (χ2n) is 5.04. The molecule has 1 fully saturated rings. The van der Waals surface area contributed by atoms with Gasteiger partial charge >= 0.3 is 0 Å². The average molecular weight is 226 g/mol. The first-order chi connectivity index (χ1) is 7.65. The molecule has 1 aliphatic rings. The van der Waals surface area contributed by atoms with E-state index >= 15 is 0 Å². The molecule has 0 radical (unpaired) electrons. The van der Waals surface area contributed by atoms with Crippen molar-refractivity contribution in [2.75, 3.05) is 20.1 Å². The number of nitrogens with one attached hydrogen (secondary N) is 1. The van der Waals surface area contributed by atoms with Gasteiger partial charge in [-0.05, 0) is 32.7 Å². The number of rotatable bonds is 5. The summed E-state index contributed by atoms with van der Waals surface area (Å²) in [5.41, 5.74) is 0. The van der Waals surface area contributed by atoms with Gasteiger partial charge in [-0.2, -0.15) is 0 Å². The number of nitrogens with zero attached hydrogens (tertiary/aromatic N) is 1. The highest BCUT2D eigenvalue weighted by atomic mass is 16.2. The summed E-state index contributed by atoms with van der Waals surface area (Å²) in [6, 6.07) is 0.492. The molecule has 1 heterocycles. The Morgan fingerprint density at radius 2 is 2.19 bits per heavy atom. The van der Waals surface area contributed by atoms with Crippen molar-refractivity contribution in [1.82, 2.24) is 10.2 Å². The van der Waals surface area contributed by atoms with Gasteiger partial charge in [-0.3, -0.25) is 4.79 Å². The van der Waals surface area contributed by atoms with Crippen LogP contribution in [0.2, 0.25) is 0 Å². The second kappa shape index (κ2) is 6.89. The molecule has 1 saturated heterocycles. The molecule has 16 heavy (non-hydrogen) atoms. The van der Waals surface area contributed by atoms with E-state index in [-0.39, 0.29) is 5.92 Å². The molecule has 1 amide bonds. The Hall–Kier alpha value is -0.570. The third kappa shape index (κ3) is 4.12. The Balaban J connectivity index is 2.31. The molecule has 0 saturated carbocycles. The van der Waals surface area contributed by atoms with Crippen LogP contribution >= 0.6 is 0 Å². The summed E-state index contributed by atoms with van der Waals surface area (Å²) >= 11 is 0. The van der Waals surface area contributed by atoms with Crippen molar-refractivity contribution in [3.63, 3.8) is 0 Å². The first kappa shape index (κ1) is 13.5. The molecule has 0 aromatic carbocycles. The van der Waals surface area contributed by atoms with E-state index in [9.17, 15) is 4.79 Å². The molecule has 3 heteroatoms. The van der Waals surface area contributed by atoms with Crippen LogP contribution in [0.5, 0.6) is 0 Å². The molecule has 1 N–H and O–H groups in total.